The van der Waals surface area contributed by atoms with Crippen LogP contribution >= 0.6 is 11.9 Å². The number of carboxylic acid groups (broad SMARTS) is 1. The molecule has 0 aromatic heterocycles. The van der Waals surface area contributed by atoms with Crippen LogP contribution in [0.5, 0.6) is 0 Å². The van der Waals surface area contributed by atoms with E-state index in [1.165, 1.54) is 0 Å². The number of hydrogen-bond acceptors (Lipinski definition) is 4. The van der Waals surface area contributed by atoms with Crippen LogP contribution in [0.4, 0.5) is 0 Å². The third kappa shape index (κ3) is 2.62. The van der Waals surface area contributed by atoms with Gasteiger partial charge in [-0.05, 0) is 0 Å². The monoisotopic (exact) mass is 155 g/mol. The van der Waals surface area contributed by atoms with Crippen molar-refractivity contribution >= 4 is 17.8 Å². The molecular weight excluding hydrogens is 149 g/mol. The molecule has 0 fully saturated rings. The molecule has 5 nitrogen and oxygen atoms in total. The second kappa shape index (κ2) is 2.98. The minimum absolute atomic E-state index is 0.649. The third-order valence-corrected chi connectivity index (χ3v) is 0.754. The molecule has 9 heavy (non-hydrogen) atoms. The van der Waals surface area contributed by atoms with E-state index >= 15 is 0 Å². The number of rotatable bonds is 3. The van der Waals surface area contributed by atoms with Crippen molar-refractivity contribution in [3.8, 4) is 0 Å². The standard InChI is InChI=1S/C3H6ClNO4/c4-9-1-3(5,8)2(6)7/h8H,1,5H2,(H,6,7). The van der Waals surface area contributed by atoms with E-state index < -0.39 is 18.3 Å². The molecule has 6 heteroatoms. The zero-order valence-corrected chi connectivity index (χ0v) is 5.13. The smallest absolute Gasteiger partial charge is 0.353 e. The predicted molar refractivity (Wildman–Crippen MR) is 28.6 cm³/mol. The first-order valence-electron chi connectivity index (χ1n) is 1.99. The van der Waals surface area contributed by atoms with Gasteiger partial charge in [0.2, 0.25) is 5.72 Å². The van der Waals surface area contributed by atoms with E-state index in [2.05, 4.69) is 16.2 Å². The Hall–Kier alpha value is -0.360. The Morgan fingerprint density at radius 3 is 2.44 bits per heavy atom. The first-order valence-corrected chi connectivity index (χ1v) is 2.30. The summed E-state index contributed by atoms with van der Waals surface area (Å²) in [5.74, 6) is -1.58. The van der Waals surface area contributed by atoms with E-state index in [9.17, 15) is 4.79 Å². The lowest BCUT2D eigenvalue weighted by Crippen LogP contribution is -2.51. The fourth-order valence-electron chi connectivity index (χ4n) is 0.145. The van der Waals surface area contributed by atoms with Crippen LogP contribution in [0.15, 0.2) is 0 Å². The summed E-state index contributed by atoms with van der Waals surface area (Å²) < 4.78 is 3.78. The zero-order valence-electron chi connectivity index (χ0n) is 4.37. The van der Waals surface area contributed by atoms with Gasteiger partial charge in [-0.15, -0.1) is 0 Å². The number of carboxylic acids is 1. The van der Waals surface area contributed by atoms with Crippen LogP contribution in [0.25, 0.3) is 0 Å². The number of aliphatic hydroxyl groups is 1. The molecule has 0 aliphatic rings. The molecule has 0 rings (SSSR count). The van der Waals surface area contributed by atoms with Crippen molar-refractivity contribution in [1.82, 2.24) is 0 Å². The number of halogens is 1. The summed E-state index contributed by atoms with van der Waals surface area (Å²) in [7, 11) is 0. The second-order valence-electron chi connectivity index (χ2n) is 1.48. The zero-order chi connectivity index (χ0) is 7.49. The second-order valence-corrected chi connectivity index (χ2v) is 1.70. The Morgan fingerprint density at radius 1 is 1.89 bits per heavy atom. The highest BCUT2D eigenvalue weighted by Gasteiger charge is 2.31. The molecule has 0 amide bonds. The summed E-state index contributed by atoms with van der Waals surface area (Å²) in [5.41, 5.74) is 2.33. The van der Waals surface area contributed by atoms with Gasteiger partial charge < -0.3 is 10.2 Å². The van der Waals surface area contributed by atoms with Crippen LogP contribution in [-0.4, -0.2) is 28.5 Å². The van der Waals surface area contributed by atoms with Crippen LogP contribution in [-0.2, 0) is 9.08 Å². The molecule has 1 atom stereocenters. The van der Waals surface area contributed by atoms with Crippen LogP contribution < -0.4 is 5.73 Å². The van der Waals surface area contributed by atoms with Crippen LogP contribution in [0, 0.1) is 0 Å². The molecule has 0 spiro atoms. The summed E-state index contributed by atoms with van der Waals surface area (Å²) >= 11 is 4.63. The van der Waals surface area contributed by atoms with Gasteiger partial charge in [0.05, 0.1) is 11.9 Å². The van der Waals surface area contributed by atoms with Gasteiger partial charge in [-0.3, -0.25) is 10.0 Å². The van der Waals surface area contributed by atoms with Crippen molar-refractivity contribution < 1.29 is 19.3 Å². The van der Waals surface area contributed by atoms with Gasteiger partial charge in [-0.1, -0.05) is 0 Å². The molecule has 0 bridgehead atoms. The lowest BCUT2D eigenvalue weighted by Gasteiger charge is -2.13. The van der Waals surface area contributed by atoms with E-state index in [1.54, 1.807) is 0 Å². The maximum atomic E-state index is 9.90. The molecule has 0 saturated heterocycles. The first-order chi connectivity index (χ1) is 4.00. The van der Waals surface area contributed by atoms with Crippen molar-refractivity contribution in [1.29, 1.82) is 0 Å². The van der Waals surface area contributed by atoms with Gasteiger partial charge in [-0.2, -0.15) is 0 Å². The average Bonchev–Trinajstić information content (AvgIpc) is 1.65. The van der Waals surface area contributed by atoms with Gasteiger partial charge in [-0.25, -0.2) is 4.79 Å². The summed E-state index contributed by atoms with van der Waals surface area (Å²) in [5, 5.41) is 16.6. The van der Waals surface area contributed by atoms with E-state index in [-0.39, 0.29) is 0 Å². The van der Waals surface area contributed by atoms with Gasteiger partial charge in [0.15, 0.2) is 0 Å². The molecule has 0 radical (unpaired) electrons. The maximum absolute atomic E-state index is 9.90. The quantitative estimate of drug-likeness (QED) is 0.450. The Morgan fingerprint density at radius 2 is 2.33 bits per heavy atom. The van der Waals surface area contributed by atoms with Crippen molar-refractivity contribution in [3.05, 3.63) is 0 Å². The van der Waals surface area contributed by atoms with E-state index in [4.69, 9.17) is 15.9 Å². The molecule has 0 aliphatic carbocycles. The summed E-state index contributed by atoms with van der Waals surface area (Å²) in [6.07, 6.45) is 0. The van der Waals surface area contributed by atoms with E-state index in [0.717, 1.165) is 0 Å². The van der Waals surface area contributed by atoms with E-state index in [0.29, 0.717) is 0 Å². The van der Waals surface area contributed by atoms with Crippen LogP contribution in [0.3, 0.4) is 0 Å². The first kappa shape index (κ1) is 8.64. The fraction of sp³-hybridized carbons (Fsp3) is 0.667. The molecule has 1 unspecified atom stereocenters. The molecule has 0 heterocycles. The molecule has 54 valence electrons. The van der Waals surface area contributed by atoms with Crippen molar-refractivity contribution in [2.45, 2.75) is 5.72 Å². The normalized spacial score (nSPS) is 16.8. The van der Waals surface area contributed by atoms with Crippen molar-refractivity contribution in [3.63, 3.8) is 0 Å². The topological polar surface area (TPSA) is 92.8 Å². The van der Waals surface area contributed by atoms with Crippen molar-refractivity contribution in [2.75, 3.05) is 6.61 Å². The molecule has 4 N–H and O–H groups in total. The Bertz CT molecular complexity index is 114. The SMILES string of the molecule is NC(O)(COCl)C(=O)O. The van der Waals surface area contributed by atoms with E-state index in [1.807, 2.05) is 0 Å². The molecular formula is C3H6ClNO4. The average molecular weight is 156 g/mol. The number of aliphatic carboxylic acids is 1. The number of nitrogens with two attached hydrogens (primary N) is 1. The number of carbonyl (C=O) groups is 1. The highest BCUT2D eigenvalue weighted by molar-refractivity contribution is 6.07. The Labute approximate surface area is 56.1 Å². The number of hydrogen-bond donors (Lipinski definition) is 3. The molecule has 0 saturated carbocycles. The minimum Gasteiger partial charge on any atom is -0.478 e. The van der Waals surface area contributed by atoms with Gasteiger partial charge >= 0.3 is 5.97 Å². The molecule has 0 aromatic carbocycles. The highest BCUT2D eigenvalue weighted by Crippen LogP contribution is 1.96. The lowest BCUT2D eigenvalue weighted by molar-refractivity contribution is -0.160. The summed E-state index contributed by atoms with van der Waals surface area (Å²) in [6, 6.07) is 0. The Balaban J connectivity index is 3.85. The van der Waals surface area contributed by atoms with Crippen LogP contribution in [0.2, 0.25) is 0 Å². The van der Waals surface area contributed by atoms with Gasteiger partial charge in [0.25, 0.3) is 0 Å². The maximum Gasteiger partial charge on any atom is 0.353 e. The largest absolute Gasteiger partial charge is 0.478 e. The van der Waals surface area contributed by atoms with Crippen molar-refractivity contribution in [2.24, 2.45) is 5.73 Å². The third-order valence-electron chi connectivity index (χ3n) is 0.645. The summed E-state index contributed by atoms with van der Waals surface area (Å²) in [4.78, 5) is 9.90. The molecule has 0 aliphatic heterocycles. The summed E-state index contributed by atoms with van der Waals surface area (Å²) in [6.45, 7) is -0.649. The minimum atomic E-state index is -2.39. The lowest BCUT2D eigenvalue weighted by atomic mass is 10.3. The fourth-order valence-corrected chi connectivity index (χ4v) is 0.311. The van der Waals surface area contributed by atoms with Gasteiger partial charge in [0, 0.05) is 0 Å². The Kier molecular flexibility index (Phi) is 2.86. The highest BCUT2D eigenvalue weighted by atomic mass is 35.5. The predicted octanol–water partition coefficient (Wildman–Crippen LogP) is -1.11. The molecule has 0 aromatic rings. The van der Waals surface area contributed by atoms with Crippen LogP contribution in [0.1, 0.15) is 0 Å². The van der Waals surface area contributed by atoms with Gasteiger partial charge in [0.1, 0.15) is 6.61 Å².